The van der Waals surface area contributed by atoms with Gasteiger partial charge >= 0.3 is 6.03 Å². The van der Waals surface area contributed by atoms with Crippen LogP contribution in [0.25, 0.3) is 11.1 Å². The van der Waals surface area contributed by atoms with Crippen LogP contribution in [0.1, 0.15) is 18.7 Å². The van der Waals surface area contributed by atoms with Crippen LogP contribution >= 0.6 is 0 Å². The summed E-state index contributed by atoms with van der Waals surface area (Å²) in [6.45, 7) is 2.11. The van der Waals surface area contributed by atoms with E-state index in [1.807, 2.05) is 25.1 Å². The van der Waals surface area contributed by atoms with Gasteiger partial charge in [-0.3, -0.25) is 9.59 Å². The number of amides is 3. The molecule has 2 aliphatic rings. The van der Waals surface area contributed by atoms with Gasteiger partial charge in [-0.15, -0.1) is 0 Å². The Morgan fingerprint density at radius 1 is 1.11 bits per heavy atom. The van der Waals surface area contributed by atoms with Gasteiger partial charge in [-0.1, -0.05) is 18.2 Å². The quantitative estimate of drug-likeness (QED) is 0.516. The van der Waals surface area contributed by atoms with Crippen LogP contribution in [0.4, 0.5) is 10.5 Å². The Labute approximate surface area is 201 Å². The minimum Gasteiger partial charge on any atom is -0.396 e. The van der Waals surface area contributed by atoms with Crippen molar-refractivity contribution < 1.29 is 14.7 Å². The molecule has 0 saturated carbocycles. The van der Waals surface area contributed by atoms with Crippen LogP contribution in [-0.2, 0) is 11.3 Å². The SMILES string of the molecule is CCNC(=O)[C@@H]1[C@@H](CO)[C@@H]2Cn3c(ccc(-c4cncnc4)c3=O)[C@H]1N2C(=O)Nc1ccccc1. The van der Waals surface area contributed by atoms with Crippen molar-refractivity contribution in [2.75, 3.05) is 18.5 Å². The minimum atomic E-state index is -0.713. The summed E-state index contributed by atoms with van der Waals surface area (Å²) in [4.78, 5) is 49.8. The van der Waals surface area contributed by atoms with E-state index in [4.69, 9.17) is 0 Å². The standard InChI is InChI=1S/C25H26N6O4/c1-2-28-23(33)21-18(13-32)20-12-30-19(9-8-17(24(30)34)15-10-26-14-27-11-15)22(21)31(20)25(35)29-16-6-4-3-5-7-16/h3-11,14,18,20-22,32H,2,12-13H2,1H3,(H,28,33)(H,29,35)/t18-,20-,21+,22+/m0/s1. The van der Waals surface area contributed by atoms with E-state index in [-0.39, 0.29) is 30.6 Å². The Morgan fingerprint density at radius 3 is 2.54 bits per heavy atom. The fourth-order valence-corrected chi connectivity index (χ4v) is 5.34. The summed E-state index contributed by atoms with van der Waals surface area (Å²) in [5.74, 6) is -1.49. The molecule has 3 aromatic rings. The number of para-hydroxylation sites is 1. The topological polar surface area (TPSA) is 129 Å². The van der Waals surface area contributed by atoms with Crippen molar-refractivity contribution in [1.29, 1.82) is 0 Å². The lowest BCUT2D eigenvalue weighted by molar-refractivity contribution is -0.127. The maximum atomic E-state index is 13.5. The molecule has 5 rings (SSSR count). The zero-order valence-corrected chi connectivity index (χ0v) is 19.2. The van der Waals surface area contributed by atoms with Gasteiger partial charge in [0, 0.05) is 55.0 Å². The predicted octanol–water partition coefficient (Wildman–Crippen LogP) is 1.64. The van der Waals surface area contributed by atoms with Crippen LogP contribution in [-0.4, -0.2) is 55.7 Å². The number of aromatic nitrogens is 3. The first-order valence-electron chi connectivity index (χ1n) is 11.6. The molecule has 0 spiro atoms. The summed E-state index contributed by atoms with van der Waals surface area (Å²) >= 11 is 0. The minimum absolute atomic E-state index is 0.162. The summed E-state index contributed by atoms with van der Waals surface area (Å²) in [6, 6.07) is 10.9. The van der Waals surface area contributed by atoms with E-state index in [0.29, 0.717) is 29.1 Å². The average Bonchev–Trinajstić information content (AvgIpc) is 3.12. The molecule has 0 radical (unpaired) electrons. The number of nitrogens with zero attached hydrogens (tertiary/aromatic N) is 4. The van der Waals surface area contributed by atoms with Crippen molar-refractivity contribution in [3.63, 3.8) is 0 Å². The summed E-state index contributed by atoms with van der Waals surface area (Å²) in [5.41, 5.74) is 1.95. The fourth-order valence-electron chi connectivity index (χ4n) is 5.34. The molecule has 1 saturated heterocycles. The van der Waals surface area contributed by atoms with Crippen molar-refractivity contribution in [2.24, 2.45) is 11.8 Å². The van der Waals surface area contributed by atoms with Crippen LogP contribution in [0.5, 0.6) is 0 Å². The van der Waals surface area contributed by atoms with Crippen LogP contribution < -0.4 is 16.2 Å². The van der Waals surface area contributed by atoms with Gasteiger partial charge in [0.1, 0.15) is 6.33 Å². The number of carbonyl (C=O) groups excluding carboxylic acids is 2. The molecule has 2 aromatic heterocycles. The monoisotopic (exact) mass is 474 g/mol. The van der Waals surface area contributed by atoms with Crippen molar-refractivity contribution in [1.82, 2.24) is 24.8 Å². The number of hydrogen-bond donors (Lipinski definition) is 3. The number of aliphatic hydroxyl groups excluding tert-OH is 1. The molecule has 1 aromatic carbocycles. The molecule has 2 aliphatic heterocycles. The second-order valence-electron chi connectivity index (χ2n) is 8.70. The van der Waals surface area contributed by atoms with E-state index in [9.17, 15) is 19.5 Å². The van der Waals surface area contributed by atoms with Crippen LogP contribution in [0.2, 0.25) is 0 Å². The fraction of sp³-hybridized carbons (Fsp3) is 0.320. The number of rotatable bonds is 5. The first kappa shape index (κ1) is 22.7. The third-order valence-electron chi connectivity index (χ3n) is 6.83. The highest BCUT2D eigenvalue weighted by Crippen LogP contribution is 2.48. The maximum absolute atomic E-state index is 13.5. The molecule has 1 fully saturated rings. The lowest BCUT2D eigenvalue weighted by Gasteiger charge is -2.38. The normalized spacial score (nSPS) is 22.4. The number of nitrogens with one attached hydrogen (secondary N) is 2. The first-order valence-corrected chi connectivity index (χ1v) is 11.6. The molecule has 0 unspecified atom stereocenters. The predicted molar refractivity (Wildman–Crippen MR) is 128 cm³/mol. The first-order chi connectivity index (χ1) is 17.0. The van der Waals surface area contributed by atoms with Crippen molar-refractivity contribution in [3.8, 4) is 11.1 Å². The zero-order valence-electron chi connectivity index (χ0n) is 19.2. The lowest BCUT2D eigenvalue weighted by Crippen LogP contribution is -2.50. The van der Waals surface area contributed by atoms with Crippen LogP contribution in [0.3, 0.4) is 0 Å². The molecular formula is C25H26N6O4. The van der Waals surface area contributed by atoms with E-state index in [1.54, 1.807) is 46.1 Å². The van der Waals surface area contributed by atoms with Gasteiger partial charge in [-0.05, 0) is 31.2 Å². The van der Waals surface area contributed by atoms with E-state index in [0.717, 1.165) is 0 Å². The number of fused-ring (bicyclic) bond motifs is 4. The van der Waals surface area contributed by atoms with Gasteiger partial charge < -0.3 is 25.2 Å². The third-order valence-corrected chi connectivity index (χ3v) is 6.83. The van der Waals surface area contributed by atoms with Crippen molar-refractivity contribution in [3.05, 3.63) is 77.2 Å². The highest BCUT2D eigenvalue weighted by atomic mass is 16.3. The number of benzene rings is 1. The summed E-state index contributed by atoms with van der Waals surface area (Å²) in [6.07, 6.45) is 4.54. The molecule has 3 N–H and O–H groups in total. The van der Waals surface area contributed by atoms with Gasteiger partial charge in [0.05, 0.1) is 23.6 Å². The molecule has 0 aliphatic carbocycles. The summed E-state index contributed by atoms with van der Waals surface area (Å²) in [7, 11) is 0. The zero-order chi connectivity index (χ0) is 24.5. The van der Waals surface area contributed by atoms with E-state index in [2.05, 4.69) is 20.6 Å². The smallest absolute Gasteiger partial charge is 0.322 e. The molecular weight excluding hydrogens is 448 g/mol. The molecule has 4 heterocycles. The van der Waals surface area contributed by atoms with Gasteiger partial charge in [-0.2, -0.15) is 0 Å². The van der Waals surface area contributed by atoms with Crippen LogP contribution in [0.15, 0.2) is 66.0 Å². The van der Waals surface area contributed by atoms with E-state index in [1.165, 1.54) is 6.33 Å². The summed E-state index contributed by atoms with van der Waals surface area (Å²) in [5, 5.41) is 16.1. The average molecular weight is 475 g/mol. The van der Waals surface area contributed by atoms with Gasteiger partial charge in [0.2, 0.25) is 5.91 Å². The van der Waals surface area contributed by atoms with Crippen molar-refractivity contribution in [2.45, 2.75) is 25.6 Å². The Balaban J connectivity index is 1.61. The number of carbonyl (C=O) groups is 2. The Hall–Kier alpha value is -4.05. The highest BCUT2D eigenvalue weighted by Gasteiger charge is 2.57. The lowest BCUT2D eigenvalue weighted by atomic mass is 9.86. The molecule has 4 atom stereocenters. The largest absolute Gasteiger partial charge is 0.396 e. The van der Waals surface area contributed by atoms with Gasteiger partial charge in [0.25, 0.3) is 5.56 Å². The van der Waals surface area contributed by atoms with Crippen LogP contribution in [0, 0.1) is 11.8 Å². The molecule has 2 bridgehead atoms. The van der Waals surface area contributed by atoms with E-state index < -0.39 is 23.9 Å². The Morgan fingerprint density at radius 2 is 1.86 bits per heavy atom. The second-order valence-corrected chi connectivity index (χ2v) is 8.70. The molecule has 10 nitrogen and oxygen atoms in total. The number of hydrogen-bond acceptors (Lipinski definition) is 6. The molecule has 3 amide bonds. The third kappa shape index (κ3) is 3.85. The number of urea groups is 1. The molecule has 180 valence electrons. The molecule has 10 heteroatoms. The summed E-state index contributed by atoms with van der Waals surface area (Å²) < 4.78 is 1.62. The van der Waals surface area contributed by atoms with Crippen molar-refractivity contribution >= 4 is 17.6 Å². The molecule has 35 heavy (non-hydrogen) atoms. The van der Waals surface area contributed by atoms with Gasteiger partial charge in [-0.25, -0.2) is 14.8 Å². The second kappa shape index (κ2) is 9.30. The highest BCUT2D eigenvalue weighted by molar-refractivity contribution is 5.91. The Kier molecular flexibility index (Phi) is 6.04. The van der Waals surface area contributed by atoms with E-state index >= 15 is 0 Å². The Bertz CT molecular complexity index is 1300. The number of anilines is 1. The number of pyridine rings is 1. The maximum Gasteiger partial charge on any atom is 0.322 e. The van der Waals surface area contributed by atoms with Gasteiger partial charge in [0.15, 0.2) is 0 Å². The number of aliphatic hydroxyl groups is 1.